The summed E-state index contributed by atoms with van der Waals surface area (Å²) in [6.07, 6.45) is 3.10. The Bertz CT molecular complexity index is 423. The van der Waals surface area contributed by atoms with Crippen molar-refractivity contribution in [1.82, 2.24) is 15.3 Å². The van der Waals surface area contributed by atoms with Gasteiger partial charge in [0.2, 0.25) is 0 Å². The molecule has 3 N–H and O–H groups in total. The molecule has 1 aromatic rings. The number of aromatic nitrogens is 2. The van der Waals surface area contributed by atoms with E-state index in [-0.39, 0.29) is 17.5 Å². The lowest BCUT2D eigenvalue weighted by molar-refractivity contribution is 0.0683. The van der Waals surface area contributed by atoms with Crippen LogP contribution in [0.25, 0.3) is 0 Å². The quantitative estimate of drug-likeness (QED) is 0.687. The van der Waals surface area contributed by atoms with Gasteiger partial charge < -0.3 is 20.1 Å². The Morgan fingerprint density at radius 3 is 3.12 bits per heavy atom. The molecule has 1 aliphatic rings. The lowest BCUT2D eigenvalue weighted by atomic mass is 10.2. The first-order valence-electron chi connectivity index (χ1n) is 5.35. The molecular weight excluding hydrogens is 226 g/mol. The number of rotatable bonds is 4. The van der Waals surface area contributed by atoms with Crippen molar-refractivity contribution in [1.29, 1.82) is 0 Å². The minimum atomic E-state index is -1.20. The van der Waals surface area contributed by atoms with Crippen molar-refractivity contribution in [2.24, 2.45) is 0 Å². The van der Waals surface area contributed by atoms with E-state index in [1.807, 2.05) is 0 Å². The van der Waals surface area contributed by atoms with Gasteiger partial charge in [0, 0.05) is 13.2 Å². The minimum absolute atomic E-state index is 0.0196. The third-order valence-electron chi connectivity index (χ3n) is 2.58. The molecule has 1 aliphatic heterocycles. The second-order valence-electron chi connectivity index (χ2n) is 3.78. The molecule has 1 aromatic heterocycles. The van der Waals surface area contributed by atoms with Crippen LogP contribution in [0.2, 0.25) is 0 Å². The predicted octanol–water partition coefficient (Wildman–Crippen LogP) is 0.0167. The van der Waals surface area contributed by atoms with Gasteiger partial charge in [-0.1, -0.05) is 0 Å². The van der Waals surface area contributed by atoms with Gasteiger partial charge in [0.1, 0.15) is 0 Å². The van der Waals surface area contributed by atoms with E-state index < -0.39 is 11.9 Å². The van der Waals surface area contributed by atoms with Crippen LogP contribution in [-0.4, -0.2) is 46.2 Å². The Morgan fingerprint density at radius 1 is 1.65 bits per heavy atom. The Labute approximate surface area is 97.2 Å². The van der Waals surface area contributed by atoms with Gasteiger partial charge in [0.05, 0.1) is 12.4 Å². The maximum absolute atomic E-state index is 11.7. The fourth-order valence-electron chi connectivity index (χ4n) is 1.73. The van der Waals surface area contributed by atoms with Crippen LogP contribution in [0.5, 0.6) is 0 Å². The number of hydrogen-bond donors (Lipinski definition) is 3. The van der Waals surface area contributed by atoms with Gasteiger partial charge in [-0.05, 0) is 12.8 Å². The van der Waals surface area contributed by atoms with Crippen LogP contribution < -0.4 is 5.32 Å². The van der Waals surface area contributed by atoms with Crippen LogP contribution in [-0.2, 0) is 4.74 Å². The van der Waals surface area contributed by atoms with E-state index in [2.05, 4.69) is 15.3 Å². The van der Waals surface area contributed by atoms with Crippen LogP contribution >= 0.6 is 0 Å². The number of carbonyl (C=O) groups is 2. The summed E-state index contributed by atoms with van der Waals surface area (Å²) in [6, 6.07) is 0. The zero-order chi connectivity index (χ0) is 12.3. The number of H-pyrrole nitrogens is 1. The Kier molecular flexibility index (Phi) is 3.38. The molecule has 7 nitrogen and oxygen atoms in total. The first-order chi connectivity index (χ1) is 8.18. The Balaban J connectivity index is 1.94. The predicted molar refractivity (Wildman–Crippen MR) is 56.9 cm³/mol. The fraction of sp³-hybridized carbons (Fsp3) is 0.500. The van der Waals surface area contributed by atoms with Crippen LogP contribution in [0, 0.1) is 0 Å². The maximum atomic E-state index is 11.7. The molecule has 0 aromatic carbocycles. The van der Waals surface area contributed by atoms with E-state index >= 15 is 0 Å². The summed E-state index contributed by atoms with van der Waals surface area (Å²) in [5.74, 6) is -1.70. The van der Waals surface area contributed by atoms with Gasteiger partial charge in [-0.25, -0.2) is 9.78 Å². The lowest BCUT2D eigenvalue weighted by Crippen LogP contribution is -2.32. The number of carbonyl (C=O) groups excluding carboxylic acids is 1. The number of ether oxygens (including phenoxy) is 1. The van der Waals surface area contributed by atoms with E-state index in [1.54, 1.807) is 0 Å². The molecule has 92 valence electrons. The van der Waals surface area contributed by atoms with Gasteiger partial charge in [0.15, 0.2) is 11.4 Å². The van der Waals surface area contributed by atoms with Crippen molar-refractivity contribution in [2.45, 2.75) is 18.9 Å². The average Bonchev–Trinajstić information content (AvgIpc) is 2.96. The highest BCUT2D eigenvalue weighted by molar-refractivity contribution is 6.02. The number of carboxylic acids is 1. The Morgan fingerprint density at radius 2 is 2.47 bits per heavy atom. The van der Waals surface area contributed by atoms with Crippen molar-refractivity contribution in [3.05, 3.63) is 17.7 Å². The van der Waals surface area contributed by atoms with Gasteiger partial charge in [-0.15, -0.1) is 0 Å². The monoisotopic (exact) mass is 239 g/mol. The summed E-state index contributed by atoms with van der Waals surface area (Å²) in [7, 11) is 0. The number of nitrogens with one attached hydrogen (secondary N) is 2. The first-order valence-corrected chi connectivity index (χ1v) is 5.35. The molecule has 0 aliphatic carbocycles. The van der Waals surface area contributed by atoms with Crippen molar-refractivity contribution < 1.29 is 19.4 Å². The third kappa shape index (κ3) is 2.62. The third-order valence-corrected chi connectivity index (χ3v) is 2.58. The van der Waals surface area contributed by atoms with Crippen LogP contribution in [0.3, 0.4) is 0 Å². The maximum Gasteiger partial charge on any atom is 0.354 e. The molecular formula is C10H13N3O4. The molecule has 1 amide bonds. The van der Waals surface area contributed by atoms with E-state index in [0.29, 0.717) is 13.2 Å². The van der Waals surface area contributed by atoms with Crippen LogP contribution in [0.4, 0.5) is 0 Å². The molecule has 7 heteroatoms. The zero-order valence-electron chi connectivity index (χ0n) is 9.10. The molecule has 0 saturated carbocycles. The van der Waals surface area contributed by atoms with E-state index in [0.717, 1.165) is 12.8 Å². The standard InChI is InChI=1S/C10H13N3O4/c14-9(11-4-6-2-1-3-17-6)7-8(10(15)16)13-5-12-7/h5-6H,1-4H2,(H,11,14)(H,12,13)(H,15,16). The van der Waals surface area contributed by atoms with Crippen molar-refractivity contribution >= 4 is 11.9 Å². The number of aromatic amines is 1. The van der Waals surface area contributed by atoms with E-state index in [9.17, 15) is 9.59 Å². The molecule has 17 heavy (non-hydrogen) atoms. The number of aromatic carboxylic acids is 1. The highest BCUT2D eigenvalue weighted by Crippen LogP contribution is 2.11. The topological polar surface area (TPSA) is 104 Å². The summed E-state index contributed by atoms with van der Waals surface area (Å²) in [4.78, 5) is 28.6. The molecule has 0 spiro atoms. The molecule has 1 unspecified atom stereocenters. The van der Waals surface area contributed by atoms with Gasteiger partial charge in [-0.2, -0.15) is 0 Å². The smallest absolute Gasteiger partial charge is 0.354 e. The number of hydrogen-bond acceptors (Lipinski definition) is 4. The number of imidazole rings is 1. The average molecular weight is 239 g/mol. The summed E-state index contributed by atoms with van der Waals surface area (Å²) < 4.78 is 5.34. The summed E-state index contributed by atoms with van der Waals surface area (Å²) in [6.45, 7) is 1.09. The lowest BCUT2D eigenvalue weighted by Gasteiger charge is -2.09. The number of amides is 1. The minimum Gasteiger partial charge on any atom is -0.477 e. The second kappa shape index (κ2) is 4.96. The van der Waals surface area contributed by atoms with Crippen LogP contribution in [0.1, 0.15) is 33.8 Å². The van der Waals surface area contributed by atoms with E-state index in [4.69, 9.17) is 9.84 Å². The zero-order valence-corrected chi connectivity index (χ0v) is 9.10. The number of carboxylic acid groups (broad SMARTS) is 1. The van der Waals surface area contributed by atoms with Gasteiger partial charge in [0.25, 0.3) is 5.91 Å². The molecule has 1 atom stereocenters. The highest BCUT2D eigenvalue weighted by Gasteiger charge is 2.21. The molecule has 1 fully saturated rings. The second-order valence-corrected chi connectivity index (χ2v) is 3.78. The SMILES string of the molecule is O=C(NCC1CCCO1)c1nc[nH]c1C(=O)O. The Hall–Kier alpha value is -1.89. The molecule has 2 heterocycles. The van der Waals surface area contributed by atoms with E-state index in [1.165, 1.54) is 6.33 Å². The molecule has 2 rings (SSSR count). The van der Waals surface area contributed by atoms with Crippen molar-refractivity contribution in [2.75, 3.05) is 13.2 Å². The van der Waals surface area contributed by atoms with Crippen molar-refractivity contribution in [3.8, 4) is 0 Å². The molecule has 0 radical (unpaired) electrons. The normalized spacial score (nSPS) is 19.2. The fourth-order valence-corrected chi connectivity index (χ4v) is 1.73. The molecule has 1 saturated heterocycles. The summed E-state index contributed by atoms with van der Waals surface area (Å²) in [5.41, 5.74) is -0.301. The van der Waals surface area contributed by atoms with Gasteiger partial charge in [-0.3, -0.25) is 4.79 Å². The molecule has 0 bridgehead atoms. The largest absolute Gasteiger partial charge is 0.477 e. The van der Waals surface area contributed by atoms with Crippen LogP contribution in [0.15, 0.2) is 6.33 Å². The summed E-state index contributed by atoms with van der Waals surface area (Å²) in [5, 5.41) is 11.4. The highest BCUT2D eigenvalue weighted by atomic mass is 16.5. The van der Waals surface area contributed by atoms with Gasteiger partial charge >= 0.3 is 5.97 Å². The summed E-state index contributed by atoms with van der Waals surface area (Å²) >= 11 is 0. The first kappa shape index (κ1) is 11.6. The number of nitrogens with zero attached hydrogens (tertiary/aromatic N) is 1. The van der Waals surface area contributed by atoms with Crippen molar-refractivity contribution in [3.63, 3.8) is 0 Å².